The van der Waals surface area contributed by atoms with Gasteiger partial charge in [0.1, 0.15) is 16.5 Å². The van der Waals surface area contributed by atoms with Gasteiger partial charge in [-0.15, -0.1) is 10.2 Å². The highest BCUT2D eigenvalue weighted by molar-refractivity contribution is 7.80. The molecule has 11 heteroatoms. The van der Waals surface area contributed by atoms with E-state index in [1.807, 2.05) is 32.0 Å². The summed E-state index contributed by atoms with van der Waals surface area (Å²) in [6.45, 7) is 3.98. The van der Waals surface area contributed by atoms with Crippen LogP contribution in [0.15, 0.2) is 36.4 Å². The Bertz CT molecular complexity index is 1350. The molecule has 4 rings (SSSR count). The Balaban J connectivity index is 1.47. The molecule has 2 heterocycles. The van der Waals surface area contributed by atoms with Crippen molar-refractivity contribution in [2.24, 2.45) is 0 Å². The van der Waals surface area contributed by atoms with Crippen LogP contribution in [-0.4, -0.2) is 45.1 Å². The van der Waals surface area contributed by atoms with Crippen molar-refractivity contribution >= 4 is 45.2 Å². The third-order valence-corrected chi connectivity index (χ3v) is 6.13. The summed E-state index contributed by atoms with van der Waals surface area (Å²) in [7, 11) is 3.04. The number of amides is 1. The van der Waals surface area contributed by atoms with E-state index in [0.717, 1.165) is 39.0 Å². The minimum Gasteiger partial charge on any atom is -0.497 e. The Labute approximate surface area is 199 Å². The van der Waals surface area contributed by atoms with Gasteiger partial charge in [0, 0.05) is 23.7 Å². The molecule has 0 atom stereocenters. The molecule has 0 spiro atoms. The molecule has 0 saturated carbocycles. The van der Waals surface area contributed by atoms with Gasteiger partial charge in [-0.2, -0.15) is 9.61 Å². The van der Waals surface area contributed by atoms with Crippen molar-refractivity contribution in [1.82, 2.24) is 25.1 Å². The number of nitrogens with one attached hydrogen (secondary N) is 2. The number of hydrogen-bond acceptors (Lipinski definition) is 8. The van der Waals surface area contributed by atoms with E-state index in [2.05, 4.69) is 25.9 Å². The van der Waals surface area contributed by atoms with Gasteiger partial charge in [-0.1, -0.05) is 18.3 Å². The number of fused-ring (bicyclic) bond motifs is 1. The Morgan fingerprint density at radius 2 is 1.97 bits per heavy atom. The van der Waals surface area contributed by atoms with Crippen molar-refractivity contribution in [3.8, 4) is 22.1 Å². The topological polar surface area (TPSA) is 103 Å². The molecule has 9 nitrogen and oxygen atoms in total. The molecular weight excluding hydrogens is 460 g/mol. The predicted octanol–water partition coefficient (Wildman–Crippen LogP) is 3.87. The lowest BCUT2D eigenvalue weighted by atomic mass is 10.1. The molecule has 170 valence electrons. The van der Waals surface area contributed by atoms with E-state index < -0.39 is 0 Å². The molecule has 2 aromatic heterocycles. The lowest BCUT2D eigenvalue weighted by Gasteiger charge is -2.14. The highest BCUT2D eigenvalue weighted by Crippen LogP contribution is 2.29. The maximum atomic E-state index is 12.7. The molecule has 2 aromatic carbocycles. The fourth-order valence-electron chi connectivity index (χ4n) is 3.24. The van der Waals surface area contributed by atoms with Gasteiger partial charge < -0.3 is 14.8 Å². The van der Waals surface area contributed by atoms with E-state index in [9.17, 15) is 4.79 Å². The van der Waals surface area contributed by atoms with E-state index in [0.29, 0.717) is 17.1 Å². The smallest absolute Gasteiger partial charge is 0.261 e. The van der Waals surface area contributed by atoms with Gasteiger partial charge in [-0.05, 0) is 55.0 Å². The number of ether oxygens (including phenoxy) is 2. The van der Waals surface area contributed by atoms with E-state index in [1.165, 1.54) is 18.4 Å². The van der Waals surface area contributed by atoms with Crippen molar-refractivity contribution in [2.45, 2.75) is 20.3 Å². The van der Waals surface area contributed by atoms with Crippen LogP contribution in [0.2, 0.25) is 0 Å². The summed E-state index contributed by atoms with van der Waals surface area (Å²) in [5.74, 6) is 1.44. The van der Waals surface area contributed by atoms with Crippen LogP contribution in [0.5, 0.6) is 11.5 Å². The third-order valence-electron chi connectivity index (χ3n) is 4.97. The summed E-state index contributed by atoms with van der Waals surface area (Å²) in [5.41, 5.74) is 3.05. The van der Waals surface area contributed by atoms with Crippen molar-refractivity contribution in [3.05, 3.63) is 53.3 Å². The normalized spacial score (nSPS) is 10.8. The number of thiocarbonyl (C=S) groups is 1. The van der Waals surface area contributed by atoms with Gasteiger partial charge in [-0.3, -0.25) is 10.1 Å². The van der Waals surface area contributed by atoms with Crippen molar-refractivity contribution in [2.75, 3.05) is 19.5 Å². The van der Waals surface area contributed by atoms with Crippen LogP contribution in [0.3, 0.4) is 0 Å². The maximum absolute atomic E-state index is 12.7. The molecule has 0 saturated heterocycles. The molecule has 2 N–H and O–H groups in total. The summed E-state index contributed by atoms with van der Waals surface area (Å²) in [4.78, 5) is 13.4. The van der Waals surface area contributed by atoms with Crippen LogP contribution >= 0.6 is 23.6 Å². The fraction of sp³-hybridized carbons (Fsp3) is 0.227. The number of anilines is 1. The van der Waals surface area contributed by atoms with E-state index in [4.69, 9.17) is 21.7 Å². The molecule has 0 aliphatic rings. The molecule has 1 amide bonds. The zero-order chi connectivity index (χ0) is 23.5. The largest absolute Gasteiger partial charge is 0.497 e. The Hall–Kier alpha value is -3.57. The van der Waals surface area contributed by atoms with E-state index in [-0.39, 0.29) is 11.0 Å². The van der Waals surface area contributed by atoms with Crippen LogP contribution in [0.4, 0.5) is 5.69 Å². The van der Waals surface area contributed by atoms with E-state index >= 15 is 0 Å². The molecule has 0 radical (unpaired) electrons. The number of aromatic nitrogens is 4. The first-order chi connectivity index (χ1) is 15.9. The van der Waals surface area contributed by atoms with Crippen LogP contribution in [0, 0.1) is 6.92 Å². The number of nitrogens with zero attached hydrogens (tertiary/aromatic N) is 4. The second kappa shape index (κ2) is 9.51. The number of methoxy groups -OCH3 is 2. The number of carbonyl (C=O) groups excluding carboxylic acids is 1. The Kier molecular flexibility index (Phi) is 6.52. The molecule has 0 aliphatic carbocycles. The quantitative estimate of drug-likeness (QED) is 0.399. The molecule has 0 unspecified atom stereocenters. The number of benzene rings is 2. The summed E-state index contributed by atoms with van der Waals surface area (Å²) >= 11 is 6.83. The molecular formula is C22H22N6O3S2. The zero-order valence-corrected chi connectivity index (χ0v) is 20.1. The maximum Gasteiger partial charge on any atom is 0.261 e. The average molecular weight is 483 g/mol. The molecule has 0 aliphatic heterocycles. The van der Waals surface area contributed by atoms with Gasteiger partial charge >= 0.3 is 0 Å². The highest BCUT2D eigenvalue weighted by Gasteiger charge is 2.16. The Morgan fingerprint density at radius 3 is 2.67 bits per heavy atom. The van der Waals surface area contributed by atoms with Gasteiger partial charge in [0.15, 0.2) is 10.9 Å². The average Bonchev–Trinajstić information content (AvgIpc) is 3.40. The first-order valence-electron chi connectivity index (χ1n) is 10.1. The first kappa shape index (κ1) is 22.6. The first-order valence-corrected chi connectivity index (χ1v) is 11.3. The second-order valence-corrected chi connectivity index (χ2v) is 8.44. The van der Waals surface area contributed by atoms with Crippen LogP contribution in [0.1, 0.15) is 28.7 Å². The second-order valence-electron chi connectivity index (χ2n) is 7.08. The van der Waals surface area contributed by atoms with Crippen LogP contribution in [0.25, 0.3) is 15.5 Å². The SMILES string of the molecule is CCc1nnc2sc(-c3ccc(NC(=S)NC(=O)c4ccc(OC)cc4OC)c(C)c3)nn12. The summed E-state index contributed by atoms with van der Waals surface area (Å²) in [6.07, 6.45) is 0.762. The lowest BCUT2D eigenvalue weighted by molar-refractivity contribution is 0.0974. The van der Waals surface area contributed by atoms with Crippen molar-refractivity contribution in [1.29, 1.82) is 0 Å². The Morgan fingerprint density at radius 1 is 1.15 bits per heavy atom. The van der Waals surface area contributed by atoms with Gasteiger partial charge in [0.2, 0.25) is 4.96 Å². The minimum atomic E-state index is -0.382. The number of hydrogen-bond donors (Lipinski definition) is 2. The van der Waals surface area contributed by atoms with Gasteiger partial charge in [0.25, 0.3) is 5.91 Å². The van der Waals surface area contributed by atoms with E-state index in [1.54, 1.807) is 29.8 Å². The van der Waals surface area contributed by atoms with Crippen LogP contribution in [-0.2, 0) is 6.42 Å². The predicted molar refractivity (Wildman–Crippen MR) is 131 cm³/mol. The molecule has 4 aromatic rings. The molecule has 0 fully saturated rings. The van der Waals surface area contributed by atoms with Gasteiger partial charge in [-0.25, -0.2) is 0 Å². The van der Waals surface area contributed by atoms with Crippen molar-refractivity contribution in [3.63, 3.8) is 0 Å². The fourth-order valence-corrected chi connectivity index (χ4v) is 4.30. The lowest BCUT2D eigenvalue weighted by Crippen LogP contribution is -2.34. The number of carbonyl (C=O) groups is 1. The third kappa shape index (κ3) is 4.64. The standard InChI is InChI=1S/C22H22N6O3S2/c1-5-18-25-26-22-28(18)27-20(33-22)13-6-9-16(12(2)10-13)23-21(32)24-19(29)15-8-7-14(30-3)11-17(15)31-4/h6-11H,5H2,1-4H3,(H2,23,24,29,32). The van der Waals surface area contributed by atoms with Crippen molar-refractivity contribution < 1.29 is 14.3 Å². The summed E-state index contributed by atoms with van der Waals surface area (Å²) in [5, 5.41) is 19.7. The van der Waals surface area contributed by atoms with Gasteiger partial charge in [0.05, 0.1) is 19.8 Å². The molecule has 33 heavy (non-hydrogen) atoms. The monoisotopic (exact) mass is 482 g/mol. The molecule has 0 bridgehead atoms. The highest BCUT2D eigenvalue weighted by atomic mass is 32.1. The number of aryl methyl sites for hydroxylation is 2. The zero-order valence-electron chi connectivity index (χ0n) is 18.5. The number of rotatable bonds is 6. The summed E-state index contributed by atoms with van der Waals surface area (Å²) < 4.78 is 12.2. The van der Waals surface area contributed by atoms with Crippen LogP contribution < -0.4 is 20.1 Å². The minimum absolute atomic E-state index is 0.181. The summed E-state index contributed by atoms with van der Waals surface area (Å²) in [6, 6.07) is 10.8.